The molecule has 0 spiro atoms. The number of hydrogen-bond acceptors (Lipinski definition) is 5. The van der Waals surface area contributed by atoms with Crippen LogP contribution in [0.3, 0.4) is 0 Å². The molecule has 1 aromatic rings. The molecular formula is C17H25N3O3. The fraction of sp³-hybridized carbons (Fsp3) is 0.824. The summed E-state index contributed by atoms with van der Waals surface area (Å²) in [4.78, 5) is 19.1. The van der Waals surface area contributed by atoms with Crippen LogP contribution in [-0.4, -0.2) is 47.3 Å². The number of hydrogen-bond donors (Lipinski definition) is 0. The molecule has 0 bridgehead atoms. The van der Waals surface area contributed by atoms with Gasteiger partial charge >= 0.3 is 0 Å². The molecule has 2 saturated heterocycles. The molecule has 1 aliphatic carbocycles. The first kappa shape index (κ1) is 15.1. The van der Waals surface area contributed by atoms with Crippen molar-refractivity contribution in [3.05, 3.63) is 11.7 Å². The van der Waals surface area contributed by atoms with Gasteiger partial charge in [-0.3, -0.25) is 4.79 Å². The molecular weight excluding hydrogens is 294 g/mol. The molecule has 1 aromatic heterocycles. The van der Waals surface area contributed by atoms with Crippen molar-refractivity contribution < 1.29 is 14.1 Å². The maximum atomic E-state index is 12.5. The van der Waals surface area contributed by atoms with Crippen LogP contribution < -0.4 is 0 Å². The van der Waals surface area contributed by atoms with Gasteiger partial charge in [0.15, 0.2) is 5.82 Å². The lowest BCUT2D eigenvalue weighted by atomic mass is 9.95. The third-order valence-electron chi connectivity index (χ3n) is 5.61. The number of amides is 1. The third-order valence-corrected chi connectivity index (χ3v) is 5.61. The molecule has 1 saturated carbocycles. The van der Waals surface area contributed by atoms with Crippen LogP contribution in [0.5, 0.6) is 0 Å². The summed E-state index contributed by atoms with van der Waals surface area (Å²) < 4.78 is 10.9. The SMILES string of the molecule is O=C(C1CCCC1)N1CCC(c2nc([C@@H]3CCOC3)no2)CC1. The Morgan fingerprint density at radius 3 is 2.52 bits per heavy atom. The van der Waals surface area contributed by atoms with Crippen molar-refractivity contribution in [2.45, 2.75) is 56.8 Å². The van der Waals surface area contributed by atoms with Crippen LogP contribution in [0.2, 0.25) is 0 Å². The monoisotopic (exact) mass is 319 g/mol. The first-order chi connectivity index (χ1) is 11.3. The number of carbonyl (C=O) groups excluding carboxylic acids is 1. The van der Waals surface area contributed by atoms with Crippen molar-refractivity contribution in [3.63, 3.8) is 0 Å². The molecule has 3 aliphatic rings. The molecule has 6 nitrogen and oxygen atoms in total. The van der Waals surface area contributed by atoms with Gasteiger partial charge in [0.05, 0.1) is 6.61 Å². The standard InChI is InChI=1S/C17H25N3O3/c21-17(13-3-1-2-4-13)20-8-5-12(6-9-20)16-18-15(19-23-16)14-7-10-22-11-14/h12-14H,1-11H2/t14-/m1/s1. The molecule has 3 fully saturated rings. The zero-order chi connectivity index (χ0) is 15.6. The molecule has 126 valence electrons. The van der Waals surface area contributed by atoms with Crippen LogP contribution >= 0.6 is 0 Å². The molecule has 6 heteroatoms. The predicted molar refractivity (Wildman–Crippen MR) is 83.0 cm³/mol. The van der Waals surface area contributed by atoms with Gasteiger partial charge in [0.2, 0.25) is 11.8 Å². The number of carbonyl (C=O) groups is 1. The Labute approximate surface area is 136 Å². The Hall–Kier alpha value is -1.43. The van der Waals surface area contributed by atoms with Gasteiger partial charge in [-0.1, -0.05) is 18.0 Å². The number of ether oxygens (including phenoxy) is 1. The van der Waals surface area contributed by atoms with Gasteiger partial charge in [-0.15, -0.1) is 0 Å². The van der Waals surface area contributed by atoms with Gasteiger partial charge in [0.1, 0.15) is 0 Å². The number of aromatic nitrogens is 2. The van der Waals surface area contributed by atoms with E-state index in [1.165, 1.54) is 12.8 Å². The van der Waals surface area contributed by atoms with Gasteiger partial charge in [0.25, 0.3) is 0 Å². The van der Waals surface area contributed by atoms with Crippen molar-refractivity contribution >= 4 is 5.91 Å². The predicted octanol–water partition coefficient (Wildman–Crippen LogP) is 2.47. The largest absolute Gasteiger partial charge is 0.381 e. The van der Waals surface area contributed by atoms with E-state index in [0.29, 0.717) is 18.4 Å². The first-order valence-electron chi connectivity index (χ1n) is 9.01. The number of rotatable bonds is 3. The molecule has 0 unspecified atom stereocenters. The van der Waals surface area contributed by atoms with Crippen molar-refractivity contribution in [1.29, 1.82) is 0 Å². The van der Waals surface area contributed by atoms with E-state index in [9.17, 15) is 4.79 Å². The highest BCUT2D eigenvalue weighted by Crippen LogP contribution is 2.32. The van der Waals surface area contributed by atoms with Crippen LogP contribution in [0.4, 0.5) is 0 Å². The van der Waals surface area contributed by atoms with Gasteiger partial charge < -0.3 is 14.2 Å². The quantitative estimate of drug-likeness (QED) is 0.856. The number of nitrogens with zero attached hydrogens (tertiary/aromatic N) is 3. The third kappa shape index (κ3) is 3.13. The summed E-state index contributed by atoms with van der Waals surface area (Å²) in [5, 5.41) is 4.14. The summed E-state index contributed by atoms with van der Waals surface area (Å²) in [6, 6.07) is 0. The Kier molecular flexibility index (Phi) is 4.33. The lowest BCUT2D eigenvalue weighted by Crippen LogP contribution is -2.40. The van der Waals surface area contributed by atoms with Crippen LogP contribution in [0.25, 0.3) is 0 Å². The summed E-state index contributed by atoms with van der Waals surface area (Å²) in [6.45, 7) is 3.14. The zero-order valence-corrected chi connectivity index (χ0v) is 13.6. The van der Waals surface area contributed by atoms with Crippen molar-refractivity contribution in [3.8, 4) is 0 Å². The van der Waals surface area contributed by atoms with E-state index in [1.54, 1.807) is 0 Å². The molecule has 1 atom stereocenters. The molecule has 23 heavy (non-hydrogen) atoms. The van der Waals surface area contributed by atoms with Crippen molar-refractivity contribution in [2.24, 2.45) is 5.92 Å². The fourth-order valence-electron chi connectivity index (χ4n) is 4.09. The molecule has 1 amide bonds. The first-order valence-corrected chi connectivity index (χ1v) is 9.01. The zero-order valence-electron chi connectivity index (χ0n) is 13.6. The van der Waals surface area contributed by atoms with Crippen LogP contribution in [0.1, 0.15) is 68.5 Å². The van der Waals surface area contributed by atoms with Gasteiger partial charge in [-0.25, -0.2) is 0 Å². The number of piperidine rings is 1. The Morgan fingerprint density at radius 1 is 1.04 bits per heavy atom. The van der Waals surface area contributed by atoms with E-state index in [-0.39, 0.29) is 11.8 Å². The summed E-state index contributed by atoms with van der Waals surface area (Å²) in [5.74, 6) is 2.78. The molecule has 4 rings (SSSR count). The maximum Gasteiger partial charge on any atom is 0.229 e. The average Bonchev–Trinajstić information content (AvgIpc) is 3.36. The van der Waals surface area contributed by atoms with Gasteiger partial charge in [0, 0.05) is 37.5 Å². The minimum Gasteiger partial charge on any atom is -0.381 e. The van der Waals surface area contributed by atoms with Crippen LogP contribution in [0, 0.1) is 5.92 Å². The highest BCUT2D eigenvalue weighted by Gasteiger charge is 2.32. The van der Waals surface area contributed by atoms with Crippen LogP contribution in [0.15, 0.2) is 4.52 Å². The van der Waals surface area contributed by atoms with Gasteiger partial charge in [-0.05, 0) is 32.1 Å². The normalized spacial score (nSPS) is 27.0. The second-order valence-electron chi connectivity index (χ2n) is 7.13. The minimum absolute atomic E-state index is 0.281. The second kappa shape index (κ2) is 6.59. The lowest BCUT2D eigenvalue weighted by molar-refractivity contribution is -0.136. The fourth-order valence-corrected chi connectivity index (χ4v) is 4.09. The summed E-state index contributed by atoms with van der Waals surface area (Å²) in [5.41, 5.74) is 0. The Morgan fingerprint density at radius 2 is 1.83 bits per heavy atom. The smallest absolute Gasteiger partial charge is 0.229 e. The Balaban J connectivity index is 1.33. The average molecular weight is 319 g/mol. The second-order valence-corrected chi connectivity index (χ2v) is 7.13. The summed E-state index contributed by atoms with van der Waals surface area (Å²) >= 11 is 0. The summed E-state index contributed by atoms with van der Waals surface area (Å²) in [7, 11) is 0. The highest BCUT2D eigenvalue weighted by atomic mass is 16.5. The van der Waals surface area contributed by atoms with Crippen molar-refractivity contribution in [1.82, 2.24) is 15.0 Å². The number of likely N-dealkylation sites (tertiary alicyclic amines) is 1. The van der Waals surface area contributed by atoms with E-state index in [0.717, 1.165) is 63.5 Å². The van der Waals surface area contributed by atoms with E-state index in [2.05, 4.69) is 15.0 Å². The lowest BCUT2D eigenvalue weighted by Gasteiger charge is -2.32. The van der Waals surface area contributed by atoms with E-state index >= 15 is 0 Å². The minimum atomic E-state index is 0.281. The molecule has 2 aliphatic heterocycles. The Bertz CT molecular complexity index is 539. The topological polar surface area (TPSA) is 68.5 Å². The molecule has 3 heterocycles. The van der Waals surface area contributed by atoms with Crippen molar-refractivity contribution in [2.75, 3.05) is 26.3 Å². The van der Waals surface area contributed by atoms with Crippen LogP contribution in [-0.2, 0) is 9.53 Å². The highest BCUT2D eigenvalue weighted by molar-refractivity contribution is 5.79. The molecule has 0 aromatic carbocycles. The molecule has 0 radical (unpaired) electrons. The summed E-state index contributed by atoms with van der Waals surface area (Å²) in [6.07, 6.45) is 7.42. The van der Waals surface area contributed by atoms with E-state index in [4.69, 9.17) is 9.26 Å². The van der Waals surface area contributed by atoms with E-state index in [1.807, 2.05) is 0 Å². The maximum absolute atomic E-state index is 12.5. The van der Waals surface area contributed by atoms with Gasteiger partial charge in [-0.2, -0.15) is 4.98 Å². The van der Waals surface area contributed by atoms with E-state index < -0.39 is 0 Å². The molecule has 0 N–H and O–H groups in total.